The molecule has 0 saturated carbocycles. The molecule has 0 aliphatic carbocycles. The third-order valence-corrected chi connectivity index (χ3v) is 5.63. The number of nitrogen functional groups attached to an aromatic ring is 1. The number of amides is 1. The number of nitrogens with one attached hydrogen (secondary N) is 2. The Morgan fingerprint density at radius 2 is 2.06 bits per heavy atom. The highest BCUT2D eigenvalue weighted by atomic mass is 16.5. The van der Waals surface area contributed by atoms with Crippen LogP contribution >= 0.6 is 0 Å². The van der Waals surface area contributed by atoms with Gasteiger partial charge in [-0.25, -0.2) is 4.98 Å². The molecule has 1 aliphatic rings. The summed E-state index contributed by atoms with van der Waals surface area (Å²) < 4.78 is 7.65. The van der Waals surface area contributed by atoms with Crippen molar-refractivity contribution < 1.29 is 9.53 Å². The SMILES string of the molecule is CN(C)Cc1ccc(OC[C@@H]2C[C@H](NC(=O)c3cc(-c4cnn(C)c4)cnc3N)CN2)cc1. The lowest BCUT2D eigenvalue weighted by molar-refractivity contribution is 0.0940. The third-order valence-electron chi connectivity index (χ3n) is 5.63. The lowest BCUT2D eigenvalue weighted by atomic mass is 10.1. The van der Waals surface area contributed by atoms with Crippen LogP contribution in [-0.2, 0) is 13.6 Å². The van der Waals surface area contributed by atoms with Crippen molar-refractivity contribution in [2.45, 2.75) is 25.0 Å². The number of nitrogens with two attached hydrogens (primary N) is 1. The molecule has 2 atom stereocenters. The molecule has 3 heterocycles. The monoisotopic (exact) mass is 449 g/mol. The van der Waals surface area contributed by atoms with Crippen LogP contribution in [0, 0.1) is 0 Å². The average Bonchev–Trinajstić information content (AvgIpc) is 3.42. The summed E-state index contributed by atoms with van der Waals surface area (Å²) in [7, 11) is 5.94. The second-order valence-electron chi connectivity index (χ2n) is 8.76. The Balaban J connectivity index is 1.30. The first-order chi connectivity index (χ1) is 15.9. The number of hydrogen-bond donors (Lipinski definition) is 3. The molecule has 33 heavy (non-hydrogen) atoms. The quantitative estimate of drug-likeness (QED) is 0.480. The number of aryl methyl sites for hydroxylation is 1. The standard InChI is InChI=1S/C24H31N7O2/c1-30(2)13-16-4-6-21(7-5-16)33-15-20-9-19(12-26-20)29-24(32)22-8-17(10-27-23(22)25)18-11-28-31(3)14-18/h4-8,10-11,14,19-20,26H,9,12-13,15H2,1-3H3,(H2,25,27)(H,29,32)/t19-,20-/m0/s1. The predicted octanol–water partition coefficient (Wildman–Crippen LogP) is 1.67. The maximum Gasteiger partial charge on any atom is 0.255 e. The zero-order valence-corrected chi connectivity index (χ0v) is 19.3. The first-order valence-corrected chi connectivity index (χ1v) is 11.0. The second kappa shape index (κ2) is 10.0. The number of pyridine rings is 1. The molecule has 2 aromatic heterocycles. The number of anilines is 1. The van der Waals surface area contributed by atoms with E-state index in [-0.39, 0.29) is 23.8 Å². The van der Waals surface area contributed by atoms with Crippen molar-refractivity contribution in [3.63, 3.8) is 0 Å². The van der Waals surface area contributed by atoms with Crippen LogP contribution in [0.15, 0.2) is 48.9 Å². The highest BCUT2D eigenvalue weighted by molar-refractivity contribution is 5.99. The lowest BCUT2D eigenvalue weighted by Gasteiger charge is -2.15. The van der Waals surface area contributed by atoms with Gasteiger partial charge in [0.15, 0.2) is 0 Å². The molecular formula is C24H31N7O2. The normalized spacial score (nSPS) is 17.9. The number of ether oxygens (including phenoxy) is 1. The van der Waals surface area contributed by atoms with Crippen molar-refractivity contribution in [2.24, 2.45) is 7.05 Å². The summed E-state index contributed by atoms with van der Waals surface area (Å²) in [4.78, 5) is 19.2. The molecule has 174 valence electrons. The van der Waals surface area contributed by atoms with Gasteiger partial charge in [0.25, 0.3) is 5.91 Å². The number of benzene rings is 1. The van der Waals surface area contributed by atoms with E-state index in [1.165, 1.54) is 5.56 Å². The van der Waals surface area contributed by atoms with Crippen LogP contribution < -0.4 is 21.1 Å². The fourth-order valence-electron chi connectivity index (χ4n) is 3.96. The zero-order chi connectivity index (χ0) is 23.4. The second-order valence-corrected chi connectivity index (χ2v) is 8.76. The van der Waals surface area contributed by atoms with Gasteiger partial charge in [0.1, 0.15) is 18.2 Å². The summed E-state index contributed by atoms with van der Waals surface area (Å²) in [5, 5.41) is 10.7. The van der Waals surface area contributed by atoms with Gasteiger partial charge in [-0.2, -0.15) is 5.10 Å². The smallest absolute Gasteiger partial charge is 0.255 e. The summed E-state index contributed by atoms with van der Waals surface area (Å²) in [6.07, 6.45) is 6.03. The maximum absolute atomic E-state index is 12.9. The zero-order valence-electron chi connectivity index (χ0n) is 19.3. The summed E-state index contributed by atoms with van der Waals surface area (Å²) in [5.41, 5.74) is 9.29. The topological polar surface area (TPSA) is 110 Å². The number of rotatable bonds is 8. The molecule has 0 unspecified atom stereocenters. The van der Waals surface area contributed by atoms with Gasteiger partial charge in [-0.15, -0.1) is 0 Å². The van der Waals surface area contributed by atoms with Crippen molar-refractivity contribution in [3.05, 3.63) is 60.0 Å². The minimum atomic E-state index is -0.226. The maximum atomic E-state index is 12.9. The van der Waals surface area contributed by atoms with E-state index in [1.807, 2.05) is 39.5 Å². The summed E-state index contributed by atoms with van der Waals surface area (Å²) in [6, 6.07) is 10.1. The van der Waals surface area contributed by atoms with Crippen molar-refractivity contribution >= 4 is 11.7 Å². The van der Waals surface area contributed by atoms with Crippen LogP contribution in [0.3, 0.4) is 0 Å². The molecule has 1 saturated heterocycles. The third kappa shape index (κ3) is 5.88. The fraction of sp³-hybridized carbons (Fsp3) is 0.375. The van der Waals surface area contributed by atoms with E-state index >= 15 is 0 Å². The Hall–Kier alpha value is -3.43. The van der Waals surface area contributed by atoms with Crippen molar-refractivity contribution in [1.82, 2.24) is 30.3 Å². The summed E-state index contributed by atoms with van der Waals surface area (Å²) in [5.74, 6) is 0.831. The van der Waals surface area contributed by atoms with E-state index in [2.05, 4.69) is 37.7 Å². The molecule has 4 rings (SSSR count). The number of carbonyl (C=O) groups is 1. The van der Waals surface area contributed by atoms with Crippen LogP contribution in [0.5, 0.6) is 5.75 Å². The molecule has 1 fully saturated rings. The Morgan fingerprint density at radius 1 is 1.27 bits per heavy atom. The molecule has 9 nitrogen and oxygen atoms in total. The van der Waals surface area contributed by atoms with E-state index in [4.69, 9.17) is 10.5 Å². The molecule has 1 aromatic carbocycles. The van der Waals surface area contributed by atoms with Gasteiger partial charge in [-0.1, -0.05) is 12.1 Å². The van der Waals surface area contributed by atoms with E-state index in [1.54, 1.807) is 23.1 Å². The lowest BCUT2D eigenvalue weighted by Crippen LogP contribution is -2.36. The minimum Gasteiger partial charge on any atom is -0.492 e. The molecule has 3 aromatic rings. The Kier molecular flexibility index (Phi) is 6.90. The van der Waals surface area contributed by atoms with Crippen LogP contribution in [0.1, 0.15) is 22.3 Å². The van der Waals surface area contributed by atoms with Gasteiger partial charge in [0.05, 0.1) is 11.8 Å². The highest BCUT2D eigenvalue weighted by Gasteiger charge is 2.27. The van der Waals surface area contributed by atoms with E-state index in [0.717, 1.165) is 29.8 Å². The predicted molar refractivity (Wildman–Crippen MR) is 128 cm³/mol. The van der Waals surface area contributed by atoms with Crippen LogP contribution in [-0.4, -0.2) is 64.9 Å². The van der Waals surface area contributed by atoms with Crippen molar-refractivity contribution in [3.8, 4) is 16.9 Å². The molecule has 0 bridgehead atoms. The van der Waals surface area contributed by atoms with Crippen LogP contribution in [0.2, 0.25) is 0 Å². The first kappa shape index (κ1) is 22.8. The first-order valence-electron chi connectivity index (χ1n) is 11.0. The van der Waals surface area contributed by atoms with E-state index < -0.39 is 0 Å². The Bertz CT molecular complexity index is 1090. The molecular weight excluding hydrogens is 418 g/mol. The van der Waals surface area contributed by atoms with Crippen LogP contribution in [0.4, 0.5) is 5.82 Å². The van der Waals surface area contributed by atoms with Gasteiger partial charge in [-0.3, -0.25) is 9.48 Å². The van der Waals surface area contributed by atoms with Gasteiger partial charge in [0.2, 0.25) is 0 Å². The number of nitrogens with zero attached hydrogens (tertiary/aromatic N) is 4. The van der Waals surface area contributed by atoms with Gasteiger partial charge >= 0.3 is 0 Å². The highest BCUT2D eigenvalue weighted by Crippen LogP contribution is 2.22. The molecule has 1 amide bonds. The fourth-order valence-corrected chi connectivity index (χ4v) is 3.96. The Morgan fingerprint density at radius 3 is 2.76 bits per heavy atom. The molecule has 0 radical (unpaired) electrons. The van der Waals surface area contributed by atoms with E-state index in [9.17, 15) is 4.79 Å². The van der Waals surface area contributed by atoms with Gasteiger partial charge in [-0.05, 0) is 44.3 Å². The number of hydrogen-bond acceptors (Lipinski definition) is 7. The largest absolute Gasteiger partial charge is 0.492 e. The van der Waals surface area contributed by atoms with Crippen LogP contribution in [0.25, 0.3) is 11.1 Å². The summed E-state index contributed by atoms with van der Waals surface area (Å²) >= 11 is 0. The molecule has 9 heteroatoms. The molecule has 4 N–H and O–H groups in total. The molecule has 1 aliphatic heterocycles. The molecule has 0 spiro atoms. The van der Waals surface area contributed by atoms with Crippen molar-refractivity contribution in [1.29, 1.82) is 0 Å². The minimum absolute atomic E-state index is 0.00462. The van der Waals surface area contributed by atoms with Gasteiger partial charge < -0.3 is 26.0 Å². The number of carbonyl (C=O) groups excluding carboxylic acids is 1. The van der Waals surface area contributed by atoms with Crippen molar-refractivity contribution in [2.75, 3.05) is 33.0 Å². The number of aromatic nitrogens is 3. The Labute approximate surface area is 193 Å². The van der Waals surface area contributed by atoms with E-state index in [0.29, 0.717) is 18.7 Å². The van der Waals surface area contributed by atoms with Gasteiger partial charge in [0, 0.05) is 55.7 Å². The average molecular weight is 450 g/mol. The summed E-state index contributed by atoms with van der Waals surface area (Å²) in [6.45, 7) is 2.12.